The summed E-state index contributed by atoms with van der Waals surface area (Å²) in [6.45, 7) is 2.41. The van der Waals surface area contributed by atoms with Crippen molar-refractivity contribution < 1.29 is 19.0 Å². The summed E-state index contributed by atoms with van der Waals surface area (Å²) in [6.07, 6.45) is 0. The van der Waals surface area contributed by atoms with Crippen LogP contribution in [0.1, 0.15) is 29.1 Å². The van der Waals surface area contributed by atoms with Gasteiger partial charge in [0.25, 0.3) is 5.91 Å². The molecule has 1 unspecified atom stereocenters. The van der Waals surface area contributed by atoms with Crippen LogP contribution in [0.2, 0.25) is 0 Å². The summed E-state index contributed by atoms with van der Waals surface area (Å²) in [6, 6.07) is 14.1. The molecule has 0 aliphatic carbocycles. The Morgan fingerprint density at radius 3 is 2.19 bits per heavy atom. The highest BCUT2D eigenvalue weighted by Crippen LogP contribution is 2.21. The maximum Gasteiger partial charge on any atom is 0.251 e. The smallest absolute Gasteiger partial charge is 0.251 e. The molecule has 2 aromatic carbocycles. The molecule has 1 amide bonds. The van der Waals surface area contributed by atoms with Crippen molar-refractivity contribution in [2.75, 3.05) is 26.6 Å². The van der Waals surface area contributed by atoms with E-state index in [1.807, 2.05) is 42.8 Å². The van der Waals surface area contributed by atoms with Crippen molar-refractivity contribution in [3.05, 3.63) is 59.9 Å². The first-order valence-electron chi connectivity index (χ1n) is 9.75. The number of benzene rings is 2. The van der Waals surface area contributed by atoms with Crippen LogP contribution in [0, 0.1) is 0 Å². The summed E-state index contributed by atoms with van der Waals surface area (Å²) >= 11 is 1.54. The normalized spacial score (nSPS) is 11.6. The molecule has 1 aromatic heterocycles. The number of carbonyl (C=O) groups is 1. The van der Waals surface area contributed by atoms with Crippen molar-refractivity contribution in [2.45, 2.75) is 18.1 Å². The number of amides is 1. The maximum absolute atomic E-state index is 12.5. The second kappa shape index (κ2) is 10.7. The molecule has 164 valence electrons. The monoisotopic (exact) mass is 442 g/mol. The first kappa shape index (κ1) is 22.5. The first-order chi connectivity index (χ1) is 15.0. The second-order valence-corrected chi connectivity index (χ2v) is 7.76. The number of nitrogens with one attached hydrogen (secondary N) is 1. The van der Waals surface area contributed by atoms with Gasteiger partial charge in [-0.25, -0.2) is 0 Å². The SMILES string of the molecule is COc1ccc(OCCSc2nnc(C(C)NC(=O)c3ccc(OC)cc3)n2C)cc1. The number of thioether (sulfide) groups is 1. The van der Waals surface area contributed by atoms with Crippen molar-refractivity contribution in [3.63, 3.8) is 0 Å². The summed E-state index contributed by atoms with van der Waals surface area (Å²) in [5.74, 6) is 3.50. The van der Waals surface area contributed by atoms with Crippen LogP contribution in [0.5, 0.6) is 17.2 Å². The summed E-state index contributed by atoms with van der Waals surface area (Å²) in [5, 5.41) is 12.2. The minimum absolute atomic E-state index is 0.180. The van der Waals surface area contributed by atoms with Crippen LogP contribution in [0.15, 0.2) is 53.7 Å². The lowest BCUT2D eigenvalue weighted by molar-refractivity contribution is 0.0937. The van der Waals surface area contributed by atoms with Crippen LogP contribution in [-0.2, 0) is 7.05 Å². The molecule has 8 nitrogen and oxygen atoms in total. The first-order valence-corrected chi connectivity index (χ1v) is 10.7. The van der Waals surface area contributed by atoms with Gasteiger partial charge in [-0.2, -0.15) is 0 Å². The standard InChI is InChI=1S/C22H26N4O4S/c1-15(23-21(27)16-5-7-17(28-3)8-6-16)20-24-25-22(26(20)2)31-14-13-30-19-11-9-18(29-4)10-12-19/h5-12,15H,13-14H2,1-4H3,(H,23,27). The van der Waals surface area contributed by atoms with Gasteiger partial charge >= 0.3 is 0 Å². The molecule has 1 heterocycles. The number of ether oxygens (including phenoxy) is 3. The number of rotatable bonds is 10. The fourth-order valence-corrected chi connectivity index (χ4v) is 3.62. The lowest BCUT2D eigenvalue weighted by Gasteiger charge is -2.14. The van der Waals surface area contributed by atoms with E-state index in [0.717, 1.165) is 16.7 Å². The molecule has 3 rings (SSSR count). The Morgan fingerprint density at radius 1 is 1.00 bits per heavy atom. The van der Waals surface area contributed by atoms with Crippen LogP contribution in [0.4, 0.5) is 0 Å². The van der Waals surface area contributed by atoms with Gasteiger partial charge in [-0.15, -0.1) is 10.2 Å². The molecule has 0 aliphatic rings. The zero-order valence-corrected chi connectivity index (χ0v) is 18.8. The molecule has 0 radical (unpaired) electrons. The Bertz CT molecular complexity index is 990. The Morgan fingerprint density at radius 2 is 1.58 bits per heavy atom. The average Bonchev–Trinajstić information content (AvgIpc) is 3.17. The molecule has 31 heavy (non-hydrogen) atoms. The molecular formula is C22H26N4O4S. The minimum Gasteiger partial charge on any atom is -0.497 e. The molecule has 0 spiro atoms. The van der Waals surface area contributed by atoms with Crippen molar-refractivity contribution in [2.24, 2.45) is 7.05 Å². The summed E-state index contributed by atoms with van der Waals surface area (Å²) in [4.78, 5) is 12.5. The van der Waals surface area contributed by atoms with E-state index in [9.17, 15) is 4.79 Å². The molecule has 0 saturated carbocycles. The third-order valence-corrected chi connectivity index (χ3v) is 5.58. The number of carbonyl (C=O) groups excluding carboxylic acids is 1. The highest BCUT2D eigenvalue weighted by atomic mass is 32.2. The molecule has 1 atom stereocenters. The summed E-state index contributed by atoms with van der Waals surface area (Å²) < 4.78 is 17.9. The lowest BCUT2D eigenvalue weighted by Crippen LogP contribution is -2.28. The van der Waals surface area contributed by atoms with E-state index in [1.54, 1.807) is 50.2 Å². The highest BCUT2D eigenvalue weighted by Gasteiger charge is 2.18. The predicted octanol–water partition coefficient (Wildman–Crippen LogP) is 3.49. The van der Waals surface area contributed by atoms with Gasteiger partial charge in [0, 0.05) is 18.4 Å². The van der Waals surface area contributed by atoms with Gasteiger partial charge in [-0.3, -0.25) is 4.79 Å². The third kappa shape index (κ3) is 5.91. The lowest BCUT2D eigenvalue weighted by atomic mass is 10.2. The molecular weight excluding hydrogens is 416 g/mol. The number of hydrogen-bond donors (Lipinski definition) is 1. The van der Waals surface area contributed by atoms with Crippen molar-refractivity contribution >= 4 is 17.7 Å². The van der Waals surface area contributed by atoms with Gasteiger partial charge in [-0.05, 0) is 55.5 Å². The predicted molar refractivity (Wildman–Crippen MR) is 119 cm³/mol. The fraction of sp³-hybridized carbons (Fsp3) is 0.318. The molecule has 3 aromatic rings. The van der Waals surface area contributed by atoms with Gasteiger partial charge in [0.05, 0.1) is 26.9 Å². The number of nitrogens with zero attached hydrogens (tertiary/aromatic N) is 3. The molecule has 0 fully saturated rings. The van der Waals surface area contributed by atoms with E-state index in [-0.39, 0.29) is 11.9 Å². The maximum atomic E-state index is 12.5. The van der Waals surface area contributed by atoms with Crippen LogP contribution in [-0.4, -0.2) is 47.3 Å². The van der Waals surface area contributed by atoms with E-state index in [2.05, 4.69) is 15.5 Å². The third-order valence-electron chi connectivity index (χ3n) is 4.60. The van der Waals surface area contributed by atoms with Crippen LogP contribution in [0.3, 0.4) is 0 Å². The fourth-order valence-electron chi connectivity index (χ4n) is 2.88. The largest absolute Gasteiger partial charge is 0.497 e. The number of methoxy groups -OCH3 is 2. The van der Waals surface area contributed by atoms with Crippen LogP contribution < -0.4 is 19.5 Å². The molecule has 0 saturated heterocycles. The van der Waals surface area contributed by atoms with Gasteiger partial charge in [0.1, 0.15) is 17.2 Å². The summed E-state index contributed by atoms with van der Waals surface area (Å²) in [7, 11) is 5.11. The van der Waals surface area contributed by atoms with Crippen LogP contribution in [0.25, 0.3) is 0 Å². The van der Waals surface area contributed by atoms with E-state index >= 15 is 0 Å². The van der Waals surface area contributed by atoms with Crippen molar-refractivity contribution in [1.29, 1.82) is 0 Å². The van der Waals surface area contributed by atoms with E-state index in [1.165, 1.54) is 0 Å². The van der Waals surface area contributed by atoms with Gasteiger partial charge < -0.3 is 24.1 Å². The second-order valence-electron chi connectivity index (χ2n) is 6.70. The Balaban J connectivity index is 1.50. The van der Waals surface area contributed by atoms with Crippen molar-refractivity contribution in [3.8, 4) is 17.2 Å². The topological polar surface area (TPSA) is 87.5 Å². The molecule has 1 N–H and O–H groups in total. The van der Waals surface area contributed by atoms with E-state index in [4.69, 9.17) is 14.2 Å². The van der Waals surface area contributed by atoms with Gasteiger partial charge in [-0.1, -0.05) is 11.8 Å². The summed E-state index contributed by atoms with van der Waals surface area (Å²) in [5.41, 5.74) is 0.556. The van der Waals surface area contributed by atoms with E-state index < -0.39 is 0 Å². The van der Waals surface area contributed by atoms with Gasteiger partial charge in [0.15, 0.2) is 11.0 Å². The Hall–Kier alpha value is -3.20. The number of hydrogen-bond acceptors (Lipinski definition) is 7. The van der Waals surface area contributed by atoms with E-state index in [0.29, 0.717) is 29.5 Å². The zero-order valence-electron chi connectivity index (χ0n) is 18.0. The zero-order chi connectivity index (χ0) is 22.2. The quantitative estimate of drug-likeness (QED) is 0.380. The minimum atomic E-state index is -0.294. The Labute approximate surface area is 185 Å². The van der Waals surface area contributed by atoms with Crippen molar-refractivity contribution in [1.82, 2.24) is 20.1 Å². The van der Waals surface area contributed by atoms with Crippen LogP contribution >= 0.6 is 11.8 Å². The highest BCUT2D eigenvalue weighted by molar-refractivity contribution is 7.99. The Kier molecular flexibility index (Phi) is 7.77. The molecule has 0 bridgehead atoms. The molecule has 0 aliphatic heterocycles. The number of aromatic nitrogens is 3. The van der Waals surface area contributed by atoms with Gasteiger partial charge in [0.2, 0.25) is 0 Å². The average molecular weight is 443 g/mol. The molecule has 9 heteroatoms.